The second-order valence-electron chi connectivity index (χ2n) is 4.45. The summed E-state index contributed by atoms with van der Waals surface area (Å²) in [6.45, 7) is 4.35. The van der Waals surface area contributed by atoms with Crippen molar-refractivity contribution in [1.82, 2.24) is 4.72 Å². The molecule has 0 aromatic heterocycles. The van der Waals surface area contributed by atoms with Crippen LogP contribution in [0.25, 0.3) is 0 Å². The Hall–Kier alpha value is 0.390. The van der Waals surface area contributed by atoms with Crippen molar-refractivity contribution in [2.75, 3.05) is 4.66 Å². The van der Waals surface area contributed by atoms with Crippen LogP contribution in [0, 0.1) is 5.41 Å². The quantitative estimate of drug-likeness (QED) is 0.795. The Labute approximate surface area is 88.5 Å². The molecule has 0 aliphatic heterocycles. The van der Waals surface area contributed by atoms with Crippen LogP contribution < -0.4 is 4.72 Å². The molecule has 1 aliphatic rings. The largest absolute Gasteiger partial charge is 0.221 e. The average molecular weight is 270 g/mol. The number of sulfonamides is 1. The van der Waals surface area contributed by atoms with Gasteiger partial charge in [-0.15, -0.1) is 0 Å². The summed E-state index contributed by atoms with van der Waals surface area (Å²) in [5, 5.41) is 0. The van der Waals surface area contributed by atoms with Crippen LogP contribution in [0.4, 0.5) is 0 Å². The minimum atomic E-state index is -3.09. The monoisotopic (exact) mass is 269 g/mol. The van der Waals surface area contributed by atoms with Crippen LogP contribution in [-0.4, -0.2) is 19.1 Å². The van der Waals surface area contributed by atoms with E-state index >= 15 is 0 Å². The van der Waals surface area contributed by atoms with Crippen molar-refractivity contribution in [2.45, 2.75) is 39.2 Å². The average Bonchev–Trinajstić information content (AvgIpc) is 2.29. The van der Waals surface area contributed by atoms with Gasteiger partial charge in [0.25, 0.3) is 0 Å². The lowest BCUT2D eigenvalue weighted by Gasteiger charge is -2.17. The maximum Gasteiger partial charge on any atom is 0.221 e. The molecular formula is C8H16BrNO2S. The molecule has 1 unspecified atom stereocenters. The molecule has 1 rings (SSSR count). The molecule has 0 radical (unpaired) electrons. The van der Waals surface area contributed by atoms with Crippen LogP contribution in [0.3, 0.4) is 0 Å². The molecule has 1 N–H and O–H groups in total. The fourth-order valence-corrected chi connectivity index (χ4v) is 2.99. The molecule has 1 fully saturated rings. The minimum absolute atomic E-state index is 0.00305. The van der Waals surface area contributed by atoms with Crippen LogP contribution in [-0.2, 0) is 10.0 Å². The van der Waals surface area contributed by atoms with Crippen molar-refractivity contribution >= 4 is 26.0 Å². The van der Waals surface area contributed by atoms with Crippen molar-refractivity contribution in [1.29, 1.82) is 0 Å². The predicted molar refractivity (Wildman–Crippen MR) is 57.3 cm³/mol. The topological polar surface area (TPSA) is 46.2 Å². The van der Waals surface area contributed by atoms with Crippen LogP contribution in [0.2, 0.25) is 0 Å². The third kappa shape index (κ3) is 3.56. The fraction of sp³-hybridized carbons (Fsp3) is 1.00. The van der Waals surface area contributed by atoms with E-state index in [1.54, 1.807) is 0 Å². The summed E-state index contributed by atoms with van der Waals surface area (Å²) in [4.78, 5) is 0. The number of rotatable bonds is 3. The Morgan fingerprint density at radius 1 is 1.54 bits per heavy atom. The molecule has 5 heteroatoms. The predicted octanol–water partition coefficient (Wildman–Crippen LogP) is 1.84. The standard InChI is InChI=1S/C8H16BrNO2S/c1-8(2)4-3-7(5-8)10-13(11,12)6-9/h7,10H,3-6H2,1-2H3. The summed E-state index contributed by atoms with van der Waals surface area (Å²) in [6, 6.07) is 0.137. The molecule has 0 heterocycles. The van der Waals surface area contributed by atoms with E-state index in [0.717, 1.165) is 19.3 Å². The lowest BCUT2D eigenvalue weighted by molar-refractivity contribution is 0.372. The molecule has 1 aliphatic carbocycles. The van der Waals surface area contributed by atoms with Crippen LogP contribution in [0.15, 0.2) is 0 Å². The summed E-state index contributed by atoms with van der Waals surface area (Å²) < 4.78 is 25.1. The van der Waals surface area contributed by atoms with Gasteiger partial charge in [0.2, 0.25) is 10.0 Å². The van der Waals surface area contributed by atoms with Crippen molar-refractivity contribution in [3.05, 3.63) is 0 Å². The highest BCUT2D eigenvalue weighted by atomic mass is 79.9. The van der Waals surface area contributed by atoms with E-state index in [4.69, 9.17) is 0 Å². The normalized spacial score (nSPS) is 27.8. The molecule has 3 nitrogen and oxygen atoms in total. The zero-order valence-electron chi connectivity index (χ0n) is 8.01. The van der Waals surface area contributed by atoms with Gasteiger partial charge >= 0.3 is 0 Å². The second kappa shape index (κ2) is 3.87. The maximum absolute atomic E-state index is 11.2. The van der Waals surface area contributed by atoms with Gasteiger partial charge in [-0.25, -0.2) is 13.1 Å². The number of nitrogens with one attached hydrogen (secondary N) is 1. The Morgan fingerprint density at radius 3 is 2.54 bits per heavy atom. The number of hydrogen-bond acceptors (Lipinski definition) is 2. The molecular weight excluding hydrogens is 254 g/mol. The first kappa shape index (κ1) is 11.5. The van der Waals surface area contributed by atoms with E-state index in [1.807, 2.05) is 0 Å². The van der Waals surface area contributed by atoms with Gasteiger partial charge in [-0.1, -0.05) is 29.8 Å². The van der Waals surface area contributed by atoms with Gasteiger partial charge in [0, 0.05) is 6.04 Å². The van der Waals surface area contributed by atoms with E-state index in [1.165, 1.54) is 0 Å². The molecule has 0 bridgehead atoms. The van der Waals surface area contributed by atoms with Gasteiger partial charge < -0.3 is 0 Å². The number of alkyl halides is 1. The van der Waals surface area contributed by atoms with Crippen LogP contribution in [0.1, 0.15) is 33.1 Å². The molecule has 0 amide bonds. The van der Waals surface area contributed by atoms with Crippen molar-refractivity contribution in [2.24, 2.45) is 5.41 Å². The van der Waals surface area contributed by atoms with E-state index in [2.05, 4.69) is 34.5 Å². The molecule has 0 aromatic rings. The highest BCUT2D eigenvalue weighted by Gasteiger charge is 2.32. The van der Waals surface area contributed by atoms with E-state index in [-0.39, 0.29) is 10.7 Å². The highest BCUT2D eigenvalue weighted by molar-refractivity contribution is 9.10. The molecule has 13 heavy (non-hydrogen) atoms. The first-order valence-electron chi connectivity index (χ1n) is 4.41. The third-order valence-corrected chi connectivity index (χ3v) is 5.25. The molecule has 0 saturated heterocycles. The lowest BCUT2D eigenvalue weighted by Crippen LogP contribution is -2.33. The van der Waals surface area contributed by atoms with Gasteiger partial charge in [0.15, 0.2) is 0 Å². The Balaban J connectivity index is 2.50. The van der Waals surface area contributed by atoms with Crippen LogP contribution >= 0.6 is 15.9 Å². The maximum atomic E-state index is 11.2. The molecule has 1 saturated carbocycles. The minimum Gasteiger partial charge on any atom is -0.212 e. The van der Waals surface area contributed by atoms with Gasteiger partial charge in [-0.05, 0) is 24.7 Å². The second-order valence-corrected chi connectivity index (χ2v) is 7.50. The summed E-state index contributed by atoms with van der Waals surface area (Å²) in [5.74, 6) is 0. The highest BCUT2D eigenvalue weighted by Crippen LogP contribution is 2.37. The van der Waals surface area contributed by atoms with Crippen molar-refractivity contribution in [3.8, 4) is 0 Å². The lowest BCUT2D eigenvalue weighted by atomic mass is 9.92. The summed E-state index contributed by atoms with van der Waals surface area (Å²) in [7, 11) is -3.09. The molecule has 1 atom stereocenters. The fourth-order valence-electron chi connectivity index (χ4n) is 1.82. The third-order valence-electron chi connectivity index (χ3n) is 2.46. The van der Waals surface area contributed by atoms with E-state index in [9.17, 15) is 8.42 Å². The van der Waals surface area contributed by atoms with Crippen molar-refractivity contribution in [3.63, 3.8) is 0 Å². The Bertz CT molecular complexity index is 274. The zero-order chi connectivity index (χ0) is 10.1. The number of hydrogen-bond donors (Lipinski definition) is 1. The van der Waals surface area contributed by atoms with E-state index in [0.29, 0.717) is 5.41 Å². The SMILES string of the molecule is CC1(C)CCC(NS(=O)(=O)CBr)C1. The first-order valence-corrected chi connectivity index (χ1v) is 7.18. The van der Waals surface area contributed by atoms with Crippen LogP contribution in [0.5, 0.6) is 0 Å². The smallest absolute Gasteiger partial charge is 0.212 e. The summed E-state index contributed by atoms with van der Waals surface area (Å²) in [6.07, 6.45) is 3.00. The van der Waals surface area contributed by atoms with Gasteiger partial charge in [0.05, 0.1) is 0 Å². The Kier molecular flexibility index (Phi) is 3.41. The Morgan fingerprint density at radius 2 is 2.15 bits per heavy atom. The number of halogens is 1. The first-order chi connectivity index (χ1) is 5.85. The zero-order valence-corrected chi connectivity index (χ0v) is 10.4. The molecule has 78 valence electrons. The van der Waals surface area contributed by atoms with Gasteiger partial charge in [0.1, 0.15) is 4.66 Å². The summed E-state index contributed by atoms with van der Waals surface area (Å²) >= 11 is 2.96. The van der Waals surface area contributed by atoms with E-state index < -0.39 is 10.0 Å². The van der Waals surface area contributed by atoms with Gasteiger partial charge in [-0.3, -0.25) is 0 Å². The van der Waals surface area contributed by atoms with Crippen molar-refractivity contribution < 1.29 is 8.42 Å². The molecule has 0 spiro atoms. The van der Waals surface area contributed by atoms with Gasteiger partial charge in [-0.2, -0.15) is 0 Å². The summed E-state index contributed by atoms with van der Waals surface area (Å²) in [5.41, 5.74) is 0.291. The molecule has 0 aromatic carbocycles.